The average molecular weight is 637 g/mol. The summed E-state index contributed by atoms with van der Waals surface area (Å²) in [6, 6.07) is 4.55. The second-order valence-corrected chi connectivity index (χ2v) is 12.7. The Bertz CT molecular complexity index is 1510. The molecule has 2 fully saturated rings. The third-order valence-electron chi connectivity index (χ3n) is 9.43. The Kier molecular flexibility index (Phi) is 8.34. The predicted octanol–water partition coefficient (Wildman–Crippen LogP) is 4.96. The Labute approximate surface area is 256 Å². The Morgan fingerprint density at radius 2 is 1.77 bits per heavy atom. The van der Waals surface area contributed by atoms with Crippen LogP contribution in [-0.2, 0) is 28.9 Å². The summed E-state index contributed by atoms with van der Waals surface area (Å²) in [5, 5.41) is 14.1. The zero-order valence-corrected chi connectivity index (χ0v) is 24.7. The second-order valence-electron chi connectivity index (χ2n) is 12.3. The predicted molar refractivity (Wildman–Crippen MR) is 153 cm³/mol. The largest absolute Gasteiger partial charge is 0.481 e. The summed E-state index contributed by atoms with van der Waals surface area (Å²) in [7, 11) is 0. The Morgan fingerprint density at radius 3 is 2.41 bits per heavy atom. The van der Waals surface area contributed by atoms with E-state index >= 15 is 0 Å². The molecule has 2 aliphatic heterocycles. The van der Waals surface area contributed by atoms with E-state index in [1.165, 1.54) is 22.9 Å². The third kappa shape index (κ3) is 6.02. The molecule has 0 bridgehead atoms. The van der Waals surface area contributed by atoms with E-state index in [0.717, 1.165) is 11.1 Å². The summed E-state index contributed by atoms with van der Waals surface area (Å²) in [5.41, 5.74) is 2.80. The lowest BCUT2D eigenvalue weighted by Gasteiger charge is -2.50. The monoisotopic (exact) mass is 636 g/mol. The number of fused-ring (bicyclic) bond motifs is 1. The number of aliphatic carboxylic acids is 1. The summed E-state index contributed by atoms with van der Waals surface area (Å²) in [6.07, 6.45) is -2.55. The molecule has 236 valence electrons. The van der Waals surface area contributed by atoms with E-state index in [4.69, 9.17) is 16.7 Å². The number of carbonyl (C=O) groups excluding carboxylic acids is 2. The maximum atomic E-state index is 14.1. The summed E-state index contributed by atoms with van der Waals surface area (Å²) < 4.78 is 53.8. The van der Waals surface area contributed by atoms with Gasteiger partial charge in [-0.3, -0.25) is 19.3 Å². The van der Waals surface area contributed by atoms with Gasteiger partial charge in [0.2, 0.25) is 5.91 Å². The van der Waals surface area contributed by atoms with Crippen LogP contribution in [0.2, 0.25) is 5.02 Å². The van der Waals surface area contributed by atoms with Gasteiger partial charge in [-0.2, -0.15) is 23.0 Å². The molecule has 4 aliphatic rings. The maximum Gasteiger partial charge on any atom is 0.389 e. The van der Waals surface area contributed by atoms with Crippen LogP contribution in [0.4, 0.5) is 17.6 Å². The lowest BCUT2D eigenvalue weighted by atomic mass is 9.82. The zero-order valence-electron chi connectivity index (χ0n) is 24.0. The normalized spacial score (nSPS) is 23.0. The number of rotatable bonds is 7. The highest BCUT2D eigenvalue weighted by Gasteiger charge is 2.43. The number of carboxylic acid groups (broad SMARTS) is 1. The van der Waals surface area contributed by atoms with Crippen molar-refractivity contribution >= 4 is 35.0 Å². The third-order valence-corrected chi connectivity index (χ3v) is 9.74. The minimum Gasteiger partial charge on any atom is -0.481 e. The SMILES string of the molecule is O=C(O)C1CC=C(c2nn(C(=O)c3c(Cl)cccc3CCC(F)(F)F)c3c2CCC(C(=O)N2CC(N4CC(F)C4)C2)C3)CC1. The first-order valence-electron chi connectivity index (χ1n) is 15.0. The molecule has 1 N–H and O–H groups in total. The minimum atomic E-state index is -4.42. The highest BCUT2D eigenvalue weighted by atomic mass is 35.5. The number of alkyl halides is 4. The summed E-state index contributed by atoms with van der Waals surface area (Å²) in [6.45, 7) is 1.83. The van der Waals surface area contributed by atoms with Gasteiger partial charge < -0.3 is 10.0 Å². The van der Waals surface area contributed by atoms with Crippen molar-refractivity contribution in [2.45, 2.75) is 69.8 Å². The van der Waals surface area contributed by atoms with Gasteiger partial charge in [-0.15, -0.1) is 0 Å². The molecule has 2 unspecified atom stereocenters. The molecule has 2 aromatic rings. The second kappa shape index (κ2) is 11.9. The lowest BCUT2D eigenvalue weighted by Crippen LogP contribution is -2.67. The molecule has 1 aromatic heterocycles. The van der Waals surface area contributed by atoms with E-state index in [2.05, 4.69) is 0 Å². The quantitative estimate of drug-likeness (QED) is 0.432. The van der Waals surface area contributed by atoms with Gasteiger partial charge in [0.15, 0.2) is 0 Å². The van der Waals surface area contributed by atoms with Crippen LogP contribution in [-0.4, -0.2) is 87.0 Å². The van der Waals surface area contributed by atoms with Gasteiger partial charge in [-0.25, -0.2) is 4.39 Å². The van der Waals surface area contributed by atoms with Gasteiger partial charge >= 0.3 is 12.1 Å². The molecule has 2 aliphatic carbocycles. The number of nitrogens with zero attached hydrogens (tertiary/aromatic N) is 4. The Morgan fingerprint density at radius 1 is 1.05 bits per heavy atom. The smallest absolute Gasteiger partial charge is 0.389 e. The van der Waals surface area contributed by atoms with Gasteiger partial charge in [-0.05, 0) is 55.7 Å². The maximum absolute atomic E-state index is 14.1. The van der Waals surface area contributed by atoms with E-state index in [-0.39, 0.29) is 34.5 Å². The number of benzene rings is 1. The standard InChI is InChI=1S/C31H33ClF4N4O4/c32-24-3-1-2-17(10-11-31(34,35)36)26(24)29(42)40-25-12-20(28(41)39-15-22(16-39)38-13-21(33)14-38)8-9-23(25)27(37-40)18-4-6-19(7-5-18)30(43)44/h1-4,19-22H,5-16H2,(H,43,44). The van der Waals surface area contributed by atoms with E-state index in [0.29, 0.717) is 69.7 Å². The molecule has 0 radical (unpaired) electrons. The van der Waals surface area contributed by atoms with Gasteiger partial charge in [0, 0.05) is 56.5 Å². The van der Waals surface area contributed by atoms with Crippen molar-refractivity contribution in [1.82, 2.24) is 19.6 Å². The van der Waals surface area contributed by atoms with Crippen molar-refractivity contribution < 1.29 is 37.1 Å². The molecule has 2 atom stereocenters. The number of likely N-dealkylation sites (tertiary alicyclic amines) is 2. The van der Waals surface area contributed by atoms with Crippen LogP contribution in [0.25, 0.3) is 5.57 Å². The van der Waals surface area contributed by atoms with Crippen molar-refractivity contribution in [3.05, 3.63) is 57.4 Å². The first kappa shape index (κ1) is 30.8. The van der Waals surface area contributed by atoms with Crippen molar-refractivity contribution in [3.63, 3.8) is 0 Å². The molecular formula is C31H33ClF4N4O4. The average Bonchev–Trinajstić information content (AvgIpc) is 3.32. The first-order valence-corrected chi connectivity index (χ1v) is 15.4. The summed E-state index contributed by atoms with van der Waals surface area (Å²) >= 11 is 6.42. The Balaban J connectivity index is 1.30. The highest BCUT2D eigenvalue weighted by molar-refractivity contribution is 6.34. The van der Waals surface area contributed by atoms with Crippen LogP contribution in [0.3, 0.4) is 0 Å². The molecular weight excluding hydrogens is 604 g/mol. The number of halogens is 5. The minimum absolute atomic E-state index is 0.0122. The fourth-order valence-corrected chi connectivity index (χ4v) is 7.07. The summed E-state index contributed by atoms with van der Waals surface area (Å²) in [5.74, 6) is -2.51. The van der Waals surface area contributed by atoms with E-state index in [9.17, 15) is 37.1 Å². The van der Waals surface area contributed by atoms with Crippen molar-refractivity contribution in [2.24, 2.45) is 11.8 Å². The number of allylic oxidation sites excluding steroid dienone is 2. The molecule has 1 aromatic carbocycles. The molecule has 3 heterocycles. The number of carboxylic acids is 1. The molecule has 1 amide bonds. The fraction of sp³-hybridized carbons (Fsp3) is 0.548. The molecule has 0 saturated carbocycles. The van der Waals surface area contributed by atoms with E-state index in [1.807, 2.05) is 11.0 Å². The van der Waals surface area contributed by atoms with Crippen molar-refractivity contribution in [2.75, 3.05) is 26.2 Å². The fourth-order valence-electron chi connectivity index (χ4n) is 6.80. The number of aromatic nitrogens is 2. The Hall–Kier alpha value is -3.25. The van der Waals surface area contributed by atoms with Gasteiger partial charge in [-0.1, -0.05) is 29.8 Å². The van der Waals surface area contributed by atoms with E-state index < -0.39 is 48.9 Å². The number of hydrogen-bond acceptors (Lipinski definition) is 5. The van der Waals surface area contributed by atoms with Gasteiger partial charge in [0.1, 0.15) is 6.17 Å². The van der Waals surface area contributed by atoms with Gasteiger partial charge in [0.05, 0.1) is 27.9 Å². The lowest BCUT2D eigenvalue weighted by molar-refractivity contribution is -0.146. The molecule has 2 saturated heterocycles. The van der Waals surface area contributed by atoms with Crippen LogP contribution in [0.15, 0.2) is 24.3 Å². The first-order chi connectivity index (χ1) is 20.9. The van der Waals surface area contributed by atoms with Crippen LogP contribution in [0, 0.1) is 11.8 Å². The van der Waals surface area contributed by atoms with Crippen LogP contribution < -0.4 is 0 Å². The molecule has 44 heavy (non-hydrogen) atoms. The van der Waals surface area contributed by atoms with Crippen LogP contribution >= 0.6 is 11.6 Å². The topological polar surface area (TPSA) is 95.7 Å². The molecule has 13 heteroatoms. The molecule has 8 nitrogen and oxygen atoms in total. The van der Waals surface area contributed by atoms with E-state index in [1.54, 1.807) is 4.90 Å². The molecule has 6 rings (SSSR count). The zero-order chi connectivity index (χ0) is 31.3. The molecule has 0 spiro atoms. The number of aryl methyl sites for hydroxylation is 1. The van der Waals surface area contributed by atoms with Crippen molar-refractivity contribution in [3.8, 4) is 0 Å². The van der Waals surface area contributed by atoms with Crippen molar-refractivity contribution in [1.29, 1.82) is 0 Å². The highest BCUT2D eigenvalue weighted by Crippen LogP contribution is 2.38. The number of amides is 1. The number of hydrogen-bond donors (Lipinski definition) is 1. The summed E-state index contributed by atoms with van der Waals surface area (Å²) in [4.78, 5) is 42.9. The van der Waals surface area contributed by atoms with Crippen LogP contribution in [0.5, 0.6) is 0 Å². The van der Waals surface area contributed by atoms with Crippen LogP contribution in [0.1, 0.15) is 65.0 Å². The number of carbonyl (C=O) groups is 3. The van der Waals surface area contributed by atoms with Gasteiger partial charge in [0.25, 0.3) is 5.91 Å².